The van der Waals surface area contributed by atoms with Gasteiger partial charge in [0.1, 0.15) is 0 Å². The second-order valence-electron chi connectivity index (χ2n) is 3.27. The van der Waals surface area contributed by atoms with Crippen LogP contribution in [0.15, 0.2) is 21.6 Å². The van der Waals surface area contributed by atoms with Crippen LogP contribution in [0, 0.1) is 0 Å². The average Bonchev–Trinajstić information content (AvgIpc) is 2.48. The lowest BCUT2D eigenvalue weighted by Crippen LogP contribution is -2.23. The van der Waals surface area contributed by atoms with E-state index >= 15 is 0 Å². The molecule has 0 amide bonds. The molecule has 4 nitrogen and oxygen atoms in total. The summed E-state index contributed by atoms with van der Waals surface area (Å²) in [5.41, 5.74) is 0. The van der Waals surface area contributed by atoms with Crippen LogP contribution < -0.4 is 0 Å². The molecule has 1 aromatic heterocycles. The Balaban J connectivity index is 2.15. The molecule has 5 heteroatoms. The number of furan rings is 1. The summed E-state index contributed by atoms with van der Waals surface area (Å²) >= 11 is 0. The number of carboxylic acids is 1. The second-order valence-corrected chi connectivity index (χ2v) is 4.94. The lowest BCUT2D eigenvalue weighted by molar-refractivity contribution is 0.0656. The summed E-state index contributed by atoms with van der Waals surface area (Å²) in [7, 11) is -1.17. The van der Waals surface area contributed by atoms with E-state index in [1.807, 2.05) is 0 Å². The first kappa shape index (κ1) is 9.45. The third-order valence-electron chi connectivity index (χ3n) is 2.35. The highest BCUT2D eigenvalue weighted by Crippen LogP contribution is 2.28. The van der Waals surface area contributed by atoms with Gasteiger partial charge in [0.05, 0.1) is 10.8 Å². The van der Waals surface area contributed by atoms with Crippen LogP contribution in [0.4, 0.5) is 0 Å². The molecule has 1 heterocycles. The SMILES string of the molecule is O=C(O)c1ccc(S(=O)C2CCC2)o1. The third-order valence-corrected chi connectivity index (χ3v) is 4.04. The molecule has 1 atom stereocenters. The monoisotopic (exact) mass is 214 g/mol. The molecule has 1 aliphatic rings. The Morgan fingerprint density at radius 1 is 1.50 bits per heavy atom. The Labute approximate surface area is 83.4 Å². The van der Waals surface area contributed by atoms with Crippen molar-refractivity contribution in [2.45, 2.75) is 29.6 Å². The van der Waals surface area contributed by atoms with Crippen LogP contribution in [0.25, 0.3) is 0 Å². The second kappa shape index (κ2) is 3.57. The highest BCUT2D eigenvalue weighted by molar-refractivity contribution is 7.85. The van der Waals surface area contributed by atoms with Crippen molar-refractivity contribution >= 4 is 16.8 Å². The highest BCUT2D eigenvalue weighted by atomic mass is 32.2. The van der Waals surface area contributed by atoms with Gasteiger partial charge >= 0.3 is 5.97 Å². The maximum Gasteiger partial charge on any atom is 0.371 e. The number of carboxylic acid groups (broad SMARTS) is 1. The first-order chi connectivity index (χ1) is 6.68. The molecule has 2 rings (SSSR count). The van der Waals surface area contributed by atoms with E-state index in [9.17, 15) is 9.00 Å². The van der Waals surface area contributed by atoms with Crippen molar-refractivity contribution in [1.29, 1.82) is 0 Å². The van der Waals surface area contributed by atoms with E-state index < -0.39 is 16.8 Å². The maximum atomic E-state index is 11.7. The van der Waals surface area contributed by atoms with Gasteiger partial charge in [-0.1, -0.05) is 6.42 Å². The summed E-state index contributed by atoms with van der Waals surface area (Å²) in [6.45, 7) is 0. The Bertz CT molecular complexity index is 378. The Morgan fingerprint density at radius 3 is 2.64 bits per heavy atom. The van der Waals surface area contributed by atoms with Crippen LogP contribution in [0.2, 0.25) is 0 Å². The van der Waals surface area contributed by atoms with Crippen LogP contribution in [-0.2, 0) is 10.8 Å². The molecule has 1 aliphatic carbocycles. The van der Waals surface area contributed by atoms with Crippen molar-refractivity contribution in [3.8, 4) is 0 Å². The van der Waals surface area contributed by atoms with E-state index in [0.29, 0.717) is 0 Å². The summed E-state index contributed by atoms with van der Waals surface area (Å²) in [6, 6.07) is 2.83. The fraction of sp³-hybridized carbons (Fsp3) is 0.444. The fourth-order valence-electron chi connectivity index (χ4n) is 1.29. The van der Waals surface area contributed by atoms with Gasteiger partial charge in [0.2, 0.25) is 5.76 Å². The molecule has 1 saturated carbocycles. The molecule has 1 fully saturated rings. The molecule has 1 aromatic rings. The summed E-state index contributed by atoms with van der Waals surface area (Å²) in [4.78, 5) is 10.5. The largest absolute Gasteiger partial charge is 0.475 e. The zero-order valence-corrected chi connectivity index (χ0v) is 8.25. The summed E-state index contributed by atoms with van der Waals surface area (Å²) < 4.78 is 16.7. The van der Waals surface area contributed by atoms with Gasteiger partial charge in [-0.2, -0.15) is 0 Å². The lowest BCUT2D eigenvalue weighted by atomic mass is 10.0. The van der Waals surface area contributed by atoms with Crippen LogP contribution in [0.1, 0.15) is 29.8 Å². The van der Waals surface area contributed by atoms with E-state index in [1.165, 1.54) is 12.1 Å². The quantitative estimate of drug-likeness (QED) is 0.830. The van der Waals surface area contributed by atoms with E-state index in [-0.39, 0.29) is 16.1 Å². The lowest BCUT2D eigenvalue weighted by Gasteiger charge is -2.22. The Hall–Kier alpha value is -1.10. The average molecular weight is 214 g/mol. The number of carbonyl (C=O) groups is 1. The standard InChI is InChI=1S/C9H10O4S/c10-9(11)7-4-5-8(13-7)14(12)6-2-1-3-6/h4-6H,1-3H2,(H,10,11). The van der Waals surface area contributed by atoms with Gasteiger partial charge in [-0.25, -0.2) is 4.79 Å². The molecule has 0 spiro atoms. The van der Waals surface area contributed by atoms with Crippen molar-refractivity contribution in [1.82, 2.24) is 0 Å². The molecule has 1 N–H and O–H groups in total. The van der Waals surface area contributed by atoms with Gasteiger partial charge in [0.15, 0.2) is 5.09 Å². The van der Waals surface area contributed by atoms with Gasteiger partial charge in [0.25, 0.3) is 0 Å². The first-order valence-corrected chi connectivity index (χ1v) is 5.63. The molecule has 0 bridgehead atoms. The predicted octanol–water partition coefficient (Wildman–Crippen LogP) is 1.64. The van der Waals surface area contributed by atoms with Crippen LogP contribution >= 0.6 is 0 Å². The fourth-order valence-corrected chi connectivity index (χ4v) is 2.76. The van der Waals surface area contributed by atoms with Crippen molar-refractivity contribution in [2.75, 3.05) is 0 Å². The maximum absolute atomic E-state index is 11.7. The summed E-state index contributed by atoms with van der Waals surface area (Å²) in [6.07, 6.45) is 2.98. The van der Waals surface area contributed by atoms with Crippen LogP contribution in [0.3, 0.4) is 0 Å². The third kappa shape index (κ3) is 1.59. The Kier molecular flexibility index (Phi) is 2.41. The van der Waals surface area contributed by atoms with E-state index in [1.54, 1.807) is 0 Å². The van der Waals surface area contributed by atoms with Crippen molar-refractivity contribution in [2.24, 2.45) is 0 Å². The minimum Gasteiger partial charge on any atom is -0.475 e. The smallest absolute Gasteiger partial charge is 0.371 e. The van der Waals surface area contributed by atoms with Gasteiger partial charge < -0.3 is 9.52 Å². The number of hydrogen-bond donors (Lipinski definition) is 1. The zero-order valence-electron chi connectivity index (χ0n) is 7.43. The van der Waals surface area contributed by atoms with Crippen molar-refractivity contribution in [3.63, 3.8) is 0 Å². The molecule has 1 unspecified atom stereocenters. The minimum absolute atomic E-state index is 0.146. The zero-order chi connectivity index (χ0) is 10.1. The first-order valence-electron chi connectivity index (χ1n) is 4.42. The highest BCUT2D eigenvalue weighted by Gasteiger charge is 2.27. The summed E-state index contributed by atoms with van der Waals surface area (Å²) in [5, 5.41) is 9.04. The topological polar surface area (TPSA) is 67.5 Å². The predicted molar refractivity (Wildman–Crippen MR) is 49.7 cm³/mol. The molecule has 0 radical (unpaired) electrons. The molecule has 76 valence electrons. The van der Waals surface area contributed by atoms with E-state index in [2.05, 4.69) is 0 Å². The molecule has 0 saturated heterocycles. The number of hydrogen-bond acceptors (Lipinski definition) is 3. The molecule has 0 aromatic carbocycles. The molecular weight excluding hydrogens is 204 g/mol. The Morgan fingerprint density at radius 2 is 2.21 bits per heavy atom. The van der Waals surface area contributed by atoms with Crippen molar-refractivity contribution in [3.05, 3.63) is 17.9 Å². The van der Waals surface area contributed by atoms with Gasteiger partial charge in [-0.05, 0) is 25.0 Å². The molecular formula is C9H10O4S. The molecule has 14 heavy (non-hydrogen) atoms. The van der Waals surface area contributed by atoms with E-state index in [0.717, 1.165) is 19.3 Å². The van der Waals surface area contributed by atoms with Crippen molar-refractivity contribution < 1.29 is 18.5 Å². The minimum atomic E-state index is -1.17. The van der Waals surface area contributed by atoms with Gasteiger partial charge in [-0.3, -0.25) is 4.21 Å². The normalized spacial score (nSPS) is 18.9. The van der Waals surface area contributed by atoms with E-state index in [4.69, 9.17) is 9.52 Å². The van der Waals surface area contributed by atoms with Crippen LogP contribution in [-0.4, -0.2) is 20.5 Å². The summed E-state index contributed by atoms with van der Waals surface area (Å²) in [5.74, 6) is -1.27. The number of rotatable bonds is 3. The van der Waals surface area contributed by atoms with Gasteiger partial charge in [0, 0.05) is 5.25 Å². The van der Waals surface area contributed by atoms with Crippen LogP contribution in [0.5, 0.6) is 0 Å². The molecule has 0 aliphatic heterocycles. The van der Waals surface area contributed by atoms with Gasteiger partial charge in [-0.15, -0.1) is 0 Å². The number of aromatic carboxylic acids is 1.